The van der Waals surface area contributed by atoms with Crippen LogP contribution in [0.25, 0.3) is 10.6 Å². The Labute approximate surface area is 150 Å². The molecular weight excluding hydrogens is 362 g/mol. The van der Waals surface area contributed by atoms with Crippen LogP contribution >= 0.6 is 22.7 Å². The second-order valence-corrected chi connectivity index (χ2v) is 6.33. The summed E-state index contributed by atoms with van der Waals surface area (Å²) in [6, 6.07) is 3.20. The molecule has 10 heteroatoms. The molecule has 25 heavy (non-hydrogen) atoms. The predicted molar refractivity (Wildman–Crippen MR) is 96.1 cm³/mol. The topological polar surface area (TPSA) is 106 Å². The van der Waals surface area contributed by atoms with E-state index in [1.807, 2.05) is 12.1 Å². The van der Waals surface area contributed by atoms with Crippen molar-refractivity contribution in [3.05, 3.63) is 41.0 Å². The number of ether oxygens (including phenoxy) is 1. The van der Waals surface area contributed by atoms with E-state index in [0.29, 0.717) is 10.9 Å². The molecule has 3 rings (SSSR count). The first-order valence-corrected chi connectivity index (χ1v) is 8.98. The second-order valence-electron chi connectivity index (χ2n) is 4.61. The molecule has 8 nitrogen and oxygen atoms in total. The number of pyridine rings is 1. The number of urea groups is 1. The Hall–Kier alpha value is -2.85. The molecule has 0 spiro atoms. The molecule has 128 valence electrons. The fourth-order valence-corrected chi connectivity index (χ4v) is 3.27. The number of hydrogen-bond acceptors (Lipinski definition) is 8. The minimum absolute atomic E-state index is 0.163. The van der Waals surface area contributed by atoms with Gasteiger partial charge in [0.15, 0.2) is 10.8 Å². The van der Waals surface area contributed by atoms with Crippen LogP contribution in [0.1, 0.15) is 17.4 Å². The number of nitrogens with one attached hydrogen (secondary N) is 2. The van der Waals surface area contributed by atoms with Gasteiger partial charge in [0.05, 0.1) is 6.61 Å². The summed E-state index contributed by atoms with van der Waals surface area (Å²) in [5.74, 6) is -0.0924. The van der Waals surface area contributed by atoms with Gasteiger partial charge in [0, 0.05) is 28.7 Å². The van der Waals surface area contributed by atoms with E-state index < -0.39 is 12.0 Å². The van der Waals surface area contributed by atoms with E-state index in [-0.39, 0.29) is 12.3 Å². The maximum absolute atomic E-state index is 12.0. The third kappa shape index (κ3) is 4.37. The molecule has 0 atom stereocenters. The number of aromatic nitrogens is 3. The van der Waals surface area contributed by atoms with Crippen LogP contribution in [0.3, 0.4) is 0 Å². The average Bonchev–Trinajstić information content (AvgIpc) is 3.25. The summed E-state index contributed by atoms with van der Waals surface area (Å²) in [4.78, 5) is 35.9. The zero-order chi connectivity index (χ0) is 17.6. The van der Waals surface area contributed by atoms with Crippen LogP contribution in [0.5, 0.6) is 0 Å². The smallest absolute Gasteiger partial charge is 0.357 e. The Morgan fingerprint density at radius 2 is 1.92 bits per heavy atom. The molecule has 0 saturated carbocycles. The van der Waals surface area contributed by atoms with Gasteiger partial charge in [-0.2, -0.15) is 0 Å². The lowest BCUT2D eigenvalue weighted by atomic mass is 10.3. The monoisotopic (exact) mass is 375 g/mol. The molecule has 0 saturated heterocycles. The van der Waals surface area contributed by atoms with Gasteiger partial charge in [-0.1, -0.05) is 0 Å². The largest absolute Gasteiger partial charge is 0.461 e. The number of amides is 2. The predicted octanol–water partition coefficient (Wildman–Crippen LogP) is 3.48. The summed E-state index contributed by atoms with van der Waals surface area (Å²) in [6.45, 7) is 1.98. The van der Waals surface area contributed by atoms with E-state index >= 15 is 0 Å². The minimum atomic E-state index is -0.520. The van der Waals surface area contributed by atoms with E-state index in [1.54, 1.807) is 24.7 Å². The minimum Gasteiger partial charge on any atom is -0.461 e. The molecule has 0 aliphatic heterocycles. The molecule has 0 radical (unpaired) electrons. The number of nitrogens with zero attached hydrogens (tertiary/aromatic N) is 3. The Morgan fingerprint density at radius 1 is 1.12 bits per heavy atom. The highest BCUT2D eigenvalue weighted by Gasteiger charge is 2.14. The Bertz CT molecular complexity index is 878. The SMILES string of the molecule is CCOC(=O)c1csc(NC(=O)Nc2csc(-c3ccncc3)n2)n1. The van der Waals surface area contributed by atoms with Crippen molar-refractivity contribution < 1.29 is 14.3 Å². The molecule has 3 aromatic rings. The fraction of sp³-hybridized carbons (Fsp3) is 0.133. The first kappa shape index (κ1) is 17.0. The van der Waals surface area contributed by atoms with Crippen LogP contribution in [0.2, 0.25) is 0 Å². The number of carbonyl (C=O) groups excluding carboxylic acids is 2. The van der Waals surface area contributed by atoms with Crippen molar-refractivity contribution in [1.82, 2.24) is 15.0 Å². The average molecular weight is 375 g/mol. The van der Waals surface area contributed by atoms with E-state index in [1.165, 1.54) is 16.7 Å². The maximum Gasteiger partial charge on any atom is 0.357 e. The molecule has 0 unspecified atom stereocenters. The van der Waals surface area contributed by atoms with Crippen molar-refractivity contribution in [2.24, 2.45) is 0 Å². The van der Waals surface area contributed by atoms with Crippen molar-refractivity contribution in [1.29, 1.82) is 0 Å². The highest BCUT2D eigenvalue weighted by molar-refractivity contribution is 7.14. The lowest BCUT2D eigenvalue weighted by Crippen LogP contribution is -2.19. The van der Waals surface area contributed by atoms with Gasteiger partial charge in [-0.05, 0) is 19.1 Å². The third-order valence-corrected chi connectivity index (χ3v) is 4.53. The van der Waals surface area contributed by atoms with Gasteiger partial charge < -0.3 is 4.74 Å². The zero-order valence-corrected chi connectivity index (χ0v) is 14.7. The molecule has 0 bridgehead atoms. The molecule has 0 aromatic carbocycles. The highest BCUT2D eigenvalue weighted by atomic mass is 32.1. The number of hydrogen-bond donors (Lipinski definition) is 2. The highest BCUT2D eigenvalue weighted by Crippen LogP contribution is 2.25. The van der Waals surface area contributed by atoms with Gasteiger partial charge in [0.1, 0.15) is 10.8 Å². The van der Waals surface area contributed by atoms with E-state index in [2.05, 4.69) is 25.6 Å². The number of anilines is 2. The quantitative estimate of drug-likeness (QED) is 0.661. The summed E-state index contributed by atoms with van der Waals surface area (Å²) >= 11 is 2.54. The van der Waals surface area contributed by atoms with Crippen LogP contribution in [0.15, 0.2) is 35.3 Å². The summed E-state index contributed by atoms with van der Waals surface area (Å²) in [7, 11) is 0. The zero-order valence-electron chi connectivity index (χ0n) is 13.1. The maximum atomic E-state index is 12.0. The standard InChI is InChI=1S/C15H13N5O3S2/c1-2-23-13(21)10-7-25-15(17-10)20-14(22)19-11-8-24-12(18-11)9-3-5-16-6-4-9/h3-8H,2H2,1H3,(H2,17,19,20,22). The van der Waals surface area contributed by atoms with Crippen molar-refractivity contribution in [3.8, 4) is 10.6 Å². The Kier molecular flexibility index (Phi) is 5.31. The molecule has 3 heterocycles. The van der Waals surface area contributed by atoms with Crippen molar-refractivity contribution in [2.45, 2.75) is 6.92 Å². The normalized spacial score (nSPS) is 10.3. The first-order valence-electron chi connectivity index (χ1n) is 7.22. The Balaban J connectivity index is 1.60. The van der Waals surface area contributed by atoms with Gasteiger partial charge >= 0.3 is 12.0 Å². The van der Waals surface area contributed by atoms with E-state index in [0.717, 1.165) is 21.9 Å². The van der Waals surface area contributed by atoms with Crippen molar-refractivity contribution in [3.63, 3.8) is 0 Å². The number of thiazole rings is 2. The fourth-order valence-electron chi connectivity index (χ4n) is 1.83. The van der Waals surface area contributed by atoms with E-state index in [9.17, 15) is 9.59 Å². The van der Waals surface area contributed by atoms with Crippen molar-refractivity contribution >= 4 is 45.6 Å². The molecule has 2 amide bonds. The van der Waals surface area contributed by atoms with Gasteiger partial charge in [0.2, 0.25) is 0 Å². The van der Waals surface area contributed by atoms with Gasteiger partial charge in [-0.15, -0.1) is 22.7 Å². The molecular formula is C15H13N5O3S2. The van der Waals surface area contributed by atoms with Gasteiger partial charge in [-0.25, -0.2) is 19.6 Å². The second kappa shape index (κ2) is 7.81. The van der Waals surface area contributed by atoms with Crippen LogP contribution < -0.4 is 10.6 Å². The van der Waals surface area contributed by atoms with Crippen molar-refractivity contribution in [2.75, 3.05) is 17.2 Å². The first-order chi connectivity index (χ1) is 12.2. The summed E-state index contributed by atoms with van der Waals surface area (Å²) < 4.78 is 4.85. The van der Waals surface area contributed by atoms with Crippen LogP contribution in [0, 0.1) is 0 Å². The van der Waals surface area contributed by atoms with Crippen LogP contribution in [0.4, 0.5) is 15.7 Å². The van der Waals surface area contributed by atoms with Gasteiger partial charge in [-0.3, -0.25) is 15.6 Å². The van der Waals surface area contributed by atoms with Gasteiger partial charge in [0.25, 0.3) is 0 Å². The summed E-state index contributed by atoms with van der Waals surface area (Å²) in [5, 5.41) is 9.52. The van der Waals surface area contributed by atoms with Crippen LogP contribution in [-0.4, -0.2) is 33.6 Å². The van der Waals surface area contributed by atoms with E-state index in [4.69, 9.17) is 4.74 Å². The Morgan fingerprint density at radius 3 is 2.68 bits per heavy atom. The molecule has 2 N–H and O–H groups in total. The number of esters is 1. The summed E-state index contributed by atoms with van der Waals surface area (Å²) in [6.07, 6.45) is 3.36. The van der Waals surface area contributed by atoms with Crippen LogP contribution in [-0.2, 0) is 4.74 Å². The number of carbonyl (C=O) groups is 2. The lowest BCUT2D eigenvalue weighted by Gasteiger charge is -2.02. The number of rotatable bonds is 5. The molecule has 0 fully saturated rings. The molecule has 3 aromatic heterocycles. The summed E-state index contributed by atoms with van der Waals surface area (Å²) in [5.41, 5.74) is 1.09. The third-order valence-electron chi connectivity index (χ3n) is 2.88. The lowest BCUT2D eigenvalue weighted by molar-refractivity contribution is 0.0520. The molecule has 0 aliphatic rings. The molecule has 0 aliphatic carbocycles.